The number of carbonyl (C=O) groups is 1. The van der Waals surface area contributed by atoms with Gasteiger partial charge in [-0.3, -0.25) is 4.79 Å². The highest BCUT2D eigenvalue weighted by molar-refractivity contribution is 5.85. The Kier molecular flexibility index (Phi) is 6.04. The van der Waals surface area contributed by atoms with Crippen LogP contribution in [0.4, 0.5) is 19.0 Å². The van der Waals surface area contributed by atoms with Crippen LogP contribution < -0.4 is 15.5 Å². The highest BCUT2D eigenvalue weighted by atomic mass is 19.4. The molecular weight excluding hydrogens is 321 g/mol. The quantitative estimate of drug-likeness (QED) is 0.776. The molecule has 0 bridgehead atoms. The summed E-state index contributed by atoms with van der Waals surface area (Å²) < 4.78 is 39.0. The number of nitrogens with zero attached hydrogens (tertiary/aromatic N) is 2. The molecule has 0 aliphatic carbocycles. The van der Waals surface area contributed by atoms with Crippen molar-refractivity contribution in [3.63, 3.8) is 0 Å². The van der Waals surface area contributed by atoms with Gasteiger partial charge in [-0.2, -0.15) is 13.2 Å². The molecular formula is C16H23F3N4O. The van der Waals surface area contributed by atoms with Crippen molar-refractivity contribution in [3.05, 3.63) is 23.4 Å². The van der Waals surface area contributed by atoms with Crippen molar-refractivity contribution in [2.75, 3.05) is 31.6 Å². The van der Waals surface area contributed by atoms with E-state index < -0.39 is 17.8 Å². The van der Waals surface area contributed by atoms with Crippen molar-refractivity contribution in [2.24, 2.45) is 0 Å². The lowest BCUT2D eigenvalue weighted by Gasteiger charge is -2.26. The minimum absolute atomic E-state index is 0.152. The van der Waals surface area contributed by atoms with Crippen LogP contribution >= 0.6 is 0 Å². The Morgan fingerprint density at radius 2 is 2.12 bits per heavy atom. The van der Waals surface area contributed by atoms with Gasteiger partial charge < -0.3 is 15.5 Å². The molecule has 1 saturated heterocycles. The Morgan fingerprint density at radius 3 is 2.79 bits per heavy atom. The average molecular weight is 344 g/mol. The standard InChI is InChI=1S/C16H23F3N4O/c1-11-9-12(16(17,18)19)10-14(22-11)23-8-3-5-13(23)15(24)21-7-4-6-20-2/h9-10,13,20H,3-8H2,1-2H3,(H,21,24). The molecule has 1 amide bonds. The summed E-state index contributed by atoms with van der Waals surface area (Å²) in [6.45, 7) is 3.39. The van der Waals surface area contributed by atoms with Gasteiger partial charge in [-0.15, -0.1) is 0 Å². The molecule has 0 saturated carbocycles. The average Bonchev–Trinajstić information content (AvgIpc) is 2.99. The summed E-state index contributed by atoms with van der Waals surface area (Å²) in [6, 6.07) is 1.58. The third-order valence-electron chi connectivity index (χ3n) is 4.02. The number of aryl methyl sites for hydroxylation is 1. The molecule has 1 unspecified atom stereocenters. The van der Waals surface area contributed by atoms with Crippen molar-refractivity contribution >= 4 is 11.7 Å². The second-order valence-electron chi connectivity index (χ2n) is 5.95. The fourth-order valence-electron chi connectivity index (χ4n) is 2.87. The number of nitrogens with one attached hydrogen (secondary N) is 2. The number of rotatable bonds is 6. The number of carbonyl (C=O) groups excluding carboxylic acids is 1. The summed E-state index contributed by atoms with van der Waals surface area (Å²) in [4.78, 5) is 18.2. The maximum atomic E-state index is 13.0. The Balaban J connectivity index is 2.12. The highest BCUT2D eigenvalue weighted by Crippen LogP contribution is 2.33. The zero-order valence-corrected chi connectivity index (χ0v) is 13.9. The van der Waals surface area contributed by atoms with E-state index in [2.05, 4.69) is 15.6 Å². The van der Waals surface area contributed by atoms with Gasteiger partial charge in [0.1, 0.15) is 11.9 Å². The Hall–Kier alpha value is -1.83. The lowest BCUT2D eigenvalue weighted by atomic mass is 10.2. The molecule has 134 valence electrons. The molecule has 1 aliphatic heterocycles. The van der Waals surface area contributed by atoms with E-state index in [1.807, 2.05) is 7.05 Å². The Morgan fingerprint density at radius 1 is 1.38 bits per heavy atom. The molecule has 1 aliphatic rings. The van der Waals surface area contributed by atoms with Crippen LogP contribution in [-0.2, 0) is 11.0 Å². The summed E-state index contributed by atoms with van der Waals surface area (Å²) in [5, 5.41) is 5.84. The van der Waals surface area contributed by atoms with Crippen molar-refractivity contribution in [1.29, 1.82) is 0 Å². The molecule has 1 aromatic rings. The molecule has 0 spiro atoms. The van der Waals surface area contributed by atoms with Crippen LogP contribution in [0.25, 0.3) is 0 Å². The van der Waals surface area contributed by atoms with Crippen LogP contribution in [0, 0.1) is 6.92 Å². The third kappa shape index (κ3) is 4.59. The largest absolute Gasteiger partial charge is 0.416 e. The van der Waals surface area contributed by atoms with E-state index in [1.54, 1.807) is 4.90 Å². The number of hydrogen-bond acceptors (Lipinski definition) is 4. The van der Waals surface area contributed by atoms with E-state index in [1.165, 1.54) is 6.92 Å². The van der Waals surface area contributed by atoms with Crippen molar-refractivity contribution in [3.8, 4) is 0 Å². The SMILES string of the molecule is CNCCCNC(=O)C1CCCN1c1cc(C(F)(F)F)cc(C)n1. The second kappa shape index (κ2) is 7.83. The van der Waals surface area contributed by atoms with Gasteiger partial charge in [-0.05, 0) is 51.9 Å². The highest BCUT2D eigenvalue weighted by Gasteiger charge is 2.35. The predicted octanol–water partition coefficient (Wildman–Crippen LogP) is 2.10. The van der Waals surface area contributed by atoms with Crippen LogP contribution in [-0.4, -0.2) is 43.6 Å². The zero-order chi connectivity index (χ0) is 17.7. The topological polar surface area (TPSA) is 57.3 Å². The summed E-state index contributed by atoms with van der Waals surface area (Å²) in [5.74, 6) is 0.0654. The van der Waals surface area contributed by atoms with Crippen LogP contribution in [0.3, 0.4) is 0 Å². The van der Waals surface area contributed by atoms with Gasteiger partial charge in [-0.25, -0.2) is 4.98 Å². The van der Waals surface area contributed by atoms with E-state index in [-0.39, 0.29) is 11.7 Å². The number of halogens is 3. The summed E-state index contributed by atoms with van der Waals surface area (Å²) >= 11 is 0. The Bertz CT molecular complexity index is 577. The molecule has 8 heteroatoms. The fourth-order valence-corrected chi connectivity index (χ4v) is 2.87. The van der Waals surface area contributed by atoms with E-state index in [0.29, 0.717) is 25.2 Å². The third-order valence-corrected chi connectivity index (χ3v) is 4.02. The first-order valence-electron chi connectivity index (χ1n) is 8.08. The van der Waals surface area contributed by atoms with Crippen molar-refractivity contribution in [2.45, 2.75) is 38.4 Å². The summed E-state index contributed by atoms with van der Waals surface area (Å²) in [5.41, 5.74) is -0.440. The molecule has 1 aromatic heterocycles. The summed E-state index contributed by atoms with van der Waals surface area (Å²) in [6.07, 6.45) is -2.25. The first kappa shape index (κ1) is 18.5. The zero-order valence-electron chi connectivity index (χ0n) is 13.9. The van der Waals surface area contributed by atoms with Crippen molar-refractivity contribution < 1.29 is 18.0 Å². The molecule has 0 radical (unpaired) electrons. The number of alkyl halides is 3. The number of amides is 1. The second-order valence-corrected chi connectivity index (χ2v) is 5.95. The normalized spacial score (nSPS) is 18.0. The van der Waals surface area contributed by atoms with Gasteiger partial charge in [0.2, 0.25) is 5.91 Å². The molecule has 2 heterocycles. The Labute approximate surface area is 139 Å². The smallest absolute Gasteiger partial charge is 0.354 e. The van der Waals surface area contributed by atoms with Crippen LogP contribution in [0.1, 0.15) is 30.5 Å². The minimum atomic E-state index is -4.42. The number of aromatic nitrogens is 1. The number of pyridine rings is 1. The van der Waals surface area contributed by atoms with Crippen LogP contribution in [0.15, 0.2) is 12.1 Å². The predicted molar refractivity (Wildman–Crippen MR) is 85.9 cm³/mol. The van der Waals surface area contributed by atoms with E-state index in [9.17, 15) is 18.0 Å². The lowest BCUT2D eigenvalue weighted by Crippen LogP contribution is -2.44. The van der Waals surface area contributed by atoms with Gasteiger partial charge in [0.05, 0.1) is 5.56 Å². The van der Waals surface area contributed by atoms with E-state index in [0.717, 1.165) is 31.5 Å². The minimum Gasteiger partial charge on any atom is -0.354 e. The molecule has 2 rings (SSSR count). The first-order valence-corrected chi connectivity index (χ1v) is 8.08. The van der Waals surface area contributed by atoms with Gasteiger partial charge in [-0.1, -0.05) is 0 Å². The van der Waals surface area contributed by atoms with Gasteiger partial charge >= 0.3 is 6.18 Å². The maximum absolute atomic E-state index is 13.0. The maximum Gasteiger partial charge on any atom is 0.416 e. The molecule has 2 N–H and O–H groups in total. The number of hydrogen-bond donors (Lipinski definition) is 2. The molecule has 24 heavy (non-hydrogen) atoms. The molecule has 0 aromatic carbocycles. The first-order chi connectivity index (χ1) is 11.3. The molecule has 5 nitrogen and oxygen atoms in total. The van der Waals surface area contributed by atoms with E-state index >= 15 is 0 Å². The van der Waals surface area contributed by atoms with Gasteiger partial charge in [0.15, 0.2) is 0 Å². The fraction of sp³-hybridized carbons (Fsp3) is 0.625. The molecule has 1 atom stereocenters. The van der Waals surface area contributed by atoms with Crippen LogP contribution in [0.2, 0.25) is 0 Å². The monoisotopic (exact) mass is 344 g/mol. The lowest BCUT2D eigenvalue weighted by molar-refractivity contribution is -0.137. The number of anilines is 1. The van der Waals surface area contributed by atoms with Crippen molar-refractivity contribution in [1.82, 2.24) is 15.6 Å². The van der Waals surface area contributed by atoms with E-state index in [4.69, 9.17) is 0 Å². The van der Waals surface area contributed by atoms with Crippen LogP contribution in [0.5, 0.6) is 0 Å². The summed E-state index contributed by atoms with van der Waals surface area (Å²) in [7, 11) is 1.84. The van der Waals surface area contributed by atoms with Gasteiger partial charge in [0, 0.05) is 18.8 Å². The van der Waals surface area contributed by atoms with Gasteiger partial charge in [0.25, 0.3) is 0 Å². The molecule has 1 fully saturated rings.